The second-order valence-corrected chi connectivity index (χ2v) is 5.83. The van der Waals surface area contributed by atoms with Crippen molar-refractivity contribution in [1.29, 1.82) is 0 Å². The molecule has 23 heavy (non-hydrogen) atoms. The van der Waals surface area contributed by atoms with Gasteiger partial charge in [-0.25, -0.2) is 18.7 Å². The summed E-state index contributed by atoms with van der Waals surface area (Å²) in [7, 11) is 0. The SMILES string of the molecule is Cc1cc(C)nc(N2CCC(Oc3ccc(F)cc3F)CC2)n1. The molecule has 1 aliphatic heterocycles. The molecule has 122 valence electrons. The monoisotopic (exact) mass is 319 g/mol. The first-order valence-electron chi connectivity index (χ1n) is 7.70. The average Bonchev–Trinajstić information content (AvgIpc) is 2.50. The van der Waals surface area contributed by atoms with Gasteiger partial charge in [0.2, 0.25) is 5.95 Å². The number of piperidine rings is 1. The van der Waals surface area contributed by atoms with Crippen molar-refractivity contribution in [1.82, 2.24) is 9.97 Å². The second kappa shape index (κ2) is 6.48. The number of halogens is 2. The van der Waals surface area contributed by atoms with Gasteiger partial charge in [0.1, 0.15) is 11.9 Å². The van der Waals surface area contributed by atoms with E-state index in [2.05, 4.69) is 14.9 Å². The largest absolute Gasteiger partial charge is 0.487 e. The lowest BCUT2D eigenvalue weighted by molar-refractivity contribution is 0.163. The lowest BCUT2D eigenvalue weighted by atomic mass is 10.1. The fourth-order valence-corrected chi connectivity index (χ4v) is 2.77. The quantitative estimate of drug-likeness (QED) is 0.869. The summed E-state index contributed by atoms with van der Waals surface area (Å²) in [6.45, 7) is 5.39. The van der Waals surface area contributed by atoms with Crippen LogP contribution in [0.2, 0.25) is 0 Å². The van der Waals surface area contributed by atoms with Crippen molar-refractivity contribution in [3.63, 3.8) is 0 Å². The Labute approximate surface area is 134 Å². The van der Waals surface area contributed by atoms with Crippen molar-refractivity contribution < 1.29 is 13.5 Å². The van der Waals surface area contributed by atoms with Gasteiger partial charge in [0.15, 0.2) is 11.6 Å². The van der Waals surface area contributed by atoms with Gasteiger partial charge in [-0.3, -0.25) is 0 Å². The van der Waals surface area contributed by atoms with Crippen LogP contribution in [0.15, 0.2) is 24.3 Å². The van der Waals surface area contributed by atoms with E-state index < -0.39 is 11.6 Å². The molecule has 0 unspecified atom stereocenters. The molecule has 2 aromatic rings. The molecule has 1 saturated heterocycles. The smallest absolute Gasteiger partial charge is 0.225 e. The molecule has 0 saturated carbocycles. The minimum absolute atomic E-state index is 0.0860. The maximum absolute atomic E-state index is 13.6. The summed E-state index contributed by atoms with van der Waals surface area (Å²) in [5.41, 5.74) is 1.89. The van der Waals surface area contributed by atoms with Crippen LogP contribution in [-0.4, -0.2) is 29.2 Å². The fourth-order valence-electron chi connectivity index (χ4n) is 2.77. The van der Waals surface area contributed by atoms with E-state index >= 15 is 0 Å². The first-order chi connectivity index (χ1) is 11.0. The highest BCUT2D eigenvalue weighted by atomic mass is 19.1. The topological polar surface area (TPSA) is 38.2 Å². The molecule has 3 rings (SSSR count). The molecule has 1 aliphatic rings. The molecular formula is C17H19F2N3O. The fraction of sp³-hybridized carbons (Fsp3) is 0.412. The van der Waals surface area contributed by atoms with Crippen LogP contribution >= 0.6 is 0 Å². The Hall–Kier alpha value is -2.24. The molecule has 0 atom stereocenters. The number of aromatic nitrogens is 2. The molecule has 2 heterocycles. The lowest BCUT2D eigenvalue weighted by Gasteiger charge is -2.32. The van der Waals surface area contributed by atoms with Crippen molar-refractivity contribution in [2.24, 2.45) is 0 Å². The summed E-state index contributed by atoms with van der Waals surface area (Å²) in [4.78, 5) is 11.0. The number of hydrogen-bond acceptors (Lipinski definition) is 4. The van der Waals surface area contributed by atoms with Crippen molar-refractivity contribution in [2.45, 2.75) is 32.8 Å². The minimum atomic E-state index is -0.662. The van der Waals surface area contributed by atoms with Gasteiger partial charge in [0.05, 0.1) is 0 Å². The highest BCUT2D eigenvalue weighted by Crippen LogP contribution is 2.24. The number of benzene rings is 1. The van der Waals surface area contributed by atoms with Crippen LogP contribution in [-0.2, 0) is 0 Å². The van der Waals surface area contributed by atoms with Crippen molar-refractivity contribution in [3.8, 4) is 5.75 Å². The third kappa shape index (κ3) is 3.75. The predicted octanol–water partition coefficient (Wildman–Crippen LogP) is 3.42. The van der Waals surface area contributed by atoms with Crippen LogP contribution < -0.4 is 9.64 Å². The minimum Gasteiger partial charge on any atom is -0.487 e. The third-order valence-corrected chi connectivity index (χ3v) is 3.88. The Balaban J connectivity index is 1.62. The molecule has 4 nitrogen and oxygen atoms in total. The summed E-state index contributed by atoms with van der Waals surface area (Å²) in [6.07, 6.45) is 1.40. The van der Waals surface area contributed by atoms with E-state index in [1.165, 1.54) is 12.1 Å². The van der Waals surface area contributed by atoms with Gasteiger partial charge in [-0.15, -0.1) is 0 Å². The van der Waals surface area contributed by atoms with E-state index in [-0.39, 0.29) is 11.9 Å². The van der Waals surface area contributed by atoms with E-state index in [4.69, 9.17) is 4.74 Å². The van der Waals surface area contributed by atoms with Crippen LogP contribution in [0.5, 0.6) is 5.75 Å². The van der Waals surface area contributed by atoms with Crippen LogP contribution in [0, 0.1) is 25.5 Å². The summed E-state index contributed by atoms with van der Waals surface area (Å²) in [5.74, 6) is -0.428. The van der Waals surface area contributed by atoms with Gasteiger partial charge in [0.25, 0.3) is 0 Å². The molecule has 1 fully saturated rings. The van der Waals surface area contributed by atoms with Crippen LogP contribution in [0.25, 0.3) is 0 Å². The van der Waals surface area contributed by atoms with Crippen molar-refractivity contribution >= 4 is 5.95 Å². The van der Waals surface area contributed by atoms with Gasteiger partial charge in [-0.05, 0) is 32.0 Å². The molecule has 0 aliphatic carbocycles. The molecule has 0 N–H and O–H groups in total. The number of nitrogens with zero attached hydrogens (tertiary/aromatic N) is 3. The zero-order chi connectivity index (χ0) is 16.4. The van der Waals surface area contributed by atoms with Crippen LogP contribution in [0.4, 0.5) is 14.7 Å². The van der Waals surface area contributed by atoms with E-state index in [1.807, 2.05) is 19.9 Å². The standard InChI is InChI=1S/C17H19F2N3O/c1-11-9-12(2)21-17(20-11)22-7-5-14(6-8-22)23-16-4-3-13(18)10-15(16)19/h3-4,9-10,14H,5-8H2,1-2H3. The normalized spacial score (nSPS) is 15.7. The van der Waals surface area contributed by atoms with Gasteiger partial charge < -0.3 is 9.64 Å². The molecule has 0 radical (unpaired) electrons. The number of aryl methyl sites for hydroxylation is 2. The van der Waals surface area contributed by atoms with Gasteiger partial charge >= 0.3 is 0 Å². The highest BCUT2D eigenvalue weighted by molar-refractivity contribution is 5.33. The summed E-state index contributed by atoms with van der Waals surface area (Å²) >= 11 is 0. The lowest BCUT2D eigenvalue weighted by Crippen LogP contribution is -2.39. The summed E-state index contributed by atoms with van der Waals surface area (Å²) < 4.78 is 32.2. The number of ether oxygens (including phenoxy) is 1. The third-order valence-electron chi connectivity index (χ3n) is 3.88. The summed E-state index contributed by atoms with van der Waals surface area (Å²) in [6, 6.07) is 5.32. The van der Waals surface area contributed by atoms with Crippen molar-refractivity contribution in [3.05, 3.63) is 47.3 Å². The highest BCUT2D eigenvalue weighted by Gasteiger charge is 2.23. The van der Waals surface area contributed by atoms with Gasteiger partial charge in [0, 0.05) is 43.4 Å². The van der Waals surface area contributed by atoms with Gasteiger partial charge in [-0.2, -0.15) is 0 Å². The Kier molecular flexibility index (Phi) is 4.41. The predicted molar refractivity (Wildman–Crippen MR) is 83.7 cm³/mol. The van der Waals surface area contributed by atoms with E-state index in [0.29, 0.717) is 0 Å². The number of hydrogen-bond donors (Lipinski definition) is 0. The Morgan fingerprint density at radius 2 is 1.70 bits per heavy atom. The molecule has 0 amide bonds. The molecule has 6 heteroatoms. The maximum Gasteiger partial charge on any atom is 0.225 e. The van der Waals surface area contributed by atoms with E-state index in [0.717, 1.165) is 49.3 Å². The number of rotatable bonds is 3. The molecule has 0 spiro atoms. The van der Waals surface area contributed by atoms with Gasteiger partial charge in [-0.1, -0.05) is 0 Å². The Morgan fingerprint density at radius 1 is 1.04 bits per heavy atom. The Bertz CT molecular complexity index is 680. The molecule has 0 bridgehead atoms. The molecule has 1 aromatic heterocycles. The first-order valence-corrected chi connectivity index (χ1v) is 7.70. The maximum atomic E-state index is 13.6. The zero-order valence-electron chi connectivity index (χ0n) is 13.2. The van der Waals surface area contributed by atoms with E-state index in [1.54, 1.807) is 0 Å². The average molecular weight is 319 g/mol. The Morgan fingerprint density at radius 3 is 2.30 bits per heavy atom. The van der Waals surface area contributed by atoms with Crippen molar-refractivity contribution in [2.75, 3.05) is 18.0 Å². The van der Waals surface area contributed by atoms with E-state index in [9.17, 15) is 8.78 Å². The zero-order valence-corrected chi connectivity index (χ0v) is 13.2. The van der Waals surface area contributed by atoms with Crippen LogP contribution in [0.1, 0.15) is 24.2 Å². The molecular weight excluding hydrogens is 300 g/mol. The number of anilines is 1. The second-order valence-electron chi connectivity index (χ2n) is 5.83. The molecule has 1 aromatic carbocycles. The van der Waals surface area contributed by atoms with Crippen LogP contribution in [0.3, 0.4) is 0 Å². The summed E-state index contributed by atoms with van der Waals surface area (Å²) in [5, 5.41) is 0. The first kappa shape index (κ1) is 15.6.